The lowest BCUT2D eigenvalue weighted by atomic mass is 10.1. The minimum absolute atomic E-state index is 0.0179. The minimum Gasteiger partial charge on any atom is -0.286 e. The van der Waals surface area contributed by atoms with Gasteiger partial charge in [-0.15, -0.1) is 0 Å². The number of hydrogen-bond donors (Lipinski definition) is 0. The third kappa shape index (κ3) is 2.29. The lowest BCUT2D eigenvalue weighted by Crippen LogP contribution is -2.36. The molecule has 0 bridgehead atoms. The van der Waals surface area contributed by atoms with Crippen molar-refractivity contribution in [3.8, 4) is 0 Å². The second-order valence-corrected chi connectivity index (χ2v) is 3.63. The summed E-state index contributed by atoms with van der Waals surface area (Å²) in [5.41, 5.74) is 0. The van der Waals surface area contributed by atoms with Gasteiger partial charge in [-0.05, 0) is 12.8 Å². The first-order valence-electron chi connectivity index (χ1n) is 4.97. The Hall–Kier alpha value is -0.860. The van der Waals surface area contributed by atoms with E-state index in [4.69, 9.17) is 0 Å². The number of carbonyl (C=O) groups is 2. The summed E-state index contributed by atoms with van der Waals surface area (Å²) in [7, 11) is 1.59. The summed E-state index contributed by atoms with van der Waals surface area (Å²) in [6, 6.07) is 0. The quantitative estimate of drug-likeness (QED) is 0.651. The molecule has 0 aromatic rings. The van der Waals surface area contributed by atoms with E-state index in [2.05, 4.69) is 0 Å². The molecule has 0 saturated heterocycles. The third-order valence-electron chi connectivity index (χ3n) is 2.71. The maximum atomic E-state index is 11.7. The van der Waals surface area contributed by atoms with Crippen molar-refractivity contribution in [3.05, 3.63) is 0 Å². The van der Waals surface area contributed by atoms with Gasteiger partial charge < -0.3 is 0 Å². The first-order chi connectivity index (χ1) is 6.16. The molecule has 13 heavy (non-hydrogen) atoms. The smallest absolute Gasteiger partial charge is 0.232 e. The van der Waals surface area contributed by atoms with Crippen LogP contribution in [0.5, 0.6) is 0 Å². The average Bonchev–Trinajstić information content (AvgIpc) is 2.67. The molecule has 3 heteroatoms. The van der Waals surface area contributed by atoms with Gasteiger partial charge in [0.2, 0.25) is 11.8 Å². The lowest BCUT2D eigenvalue weighted by Gasteiger charge is -2.18. The fourth-order valence-electron chi connectivity index (χ4n) is 1.81. The minimum atomic E-state index is -0.0723. The molecule has 0 spiro atoms. The van der Waals surface area contributed by atoms with Gasteiger partial charge in [0, 0.05) is 19.4 Å². The molecule has 1 aliphatic carbocycles. The highest BCUT2D eigenvalue weighted by Crippen LogP contribution is 2.26. The van der Waals surface area contributed by atoms with Crippen LogP contribution in [0, 0.1) is 5.92 Å². The molecule has 0 radical (unpaired) electrons. The highest BCUT2D eigenvalue weighted by Gasteiger charge is 2.27. The summed E-state index contributed by atoms with van der Waals surface area (Å²) in [6.07, 6.45) is 4.59. The molecule has 0 unspecified atom stereocenters. The Morgan fingerprint density at radius 2 is 1.85 bits per heavy atom. The Balaban J connectivity index is 2.50. The molecule has 1 aliphatic rings. The predicted octanol–water partition coefficient (Wildman–Crippen LogP) is 1.57. The first kappa shape index (κ1) is 10.2. The fourth-order valence-corrected chi connectivity index (χ4v) is 1.81. The van der Waals surface area contributed by atoms with Crippen molar-refractivity contribution < 1.29 is 9.59 Å². The van der Waals surface area contributed by atoms with Crippen LogP contribution < -0.4 is 0 Å². The lowest BCUT2D eigenvalue weighted by molar-refractivity contribution is -0.145. The van der Waals surface area contributed by atoms with Crippen LogP contribution in [0.15, 0.2) is 0 Å². The Bertz CT molecular complexity index is 207. The molecule has 3 nitrogen and oxygen atoms in total. The number of rotatable bonds is 2. The number of nitrogens with zero attached hydrogens (tertiary/aromatic N) is 1. The van der Waals surface area contributed by atoms with Gasteiger partial charge >= 0.3 is 0 Å². The summed E-state index contributed by atoms with van der Waals surface area (Å²) in [6.45, 7) is 1.78. The standard InChI is InChI=1S/C10H17NO2/c1-3-9(12)11(2)10(13)8-6-4-5-7-8/h8H,3-7H2,1-2H3. The molecule has 2 amide bonds. The molecule has 0 aliphatic heterocycles. The number of imide groups is 1. The van der Waals surface area contributed by atoms with Crippen molar-refractivity contribution in [3.63, 3.8) is 0 Å². The van der Waals surface area contributed by atoms with Crippen LogP contribution in [0.4, 0.5) is 0 Å². The van der Waals surface area contributed by atoms with Crippen LogP contribution in [0.3, 0.4) is 0 Å². The van der Waals surface area contributed by atoms with E-state index in [1.165, 1.54) is 4.90 Å². The molecule has 0 atom stereocenters. The highest BCUT2D eigenvalue weighted by molar-refractivity contribution is 5.95. The van der Waals surface area contributed by atoms with Crippen LogP contribution in [0.25, 0.3) is 0 Å². The Kier molecular flexibility index (Phi) is 3.46. The molecule has 0 aromatic heterocycles. The van der Waals surface area contributed by atoms with E-state index in [0.29, 0.717) is 6.42 Å². The molecular formula is C10H17NO2. The molecular weight excluding hydrogens is 166 g/mol. The van der Waals surface area contributed by atoms with E-state index in [1.807, 2.05) is 0 Å². The SMILES string of the molecule is CCC(=O)N(C)C(=O)C1CCCC1. The van der Waals surface area contributed by atoms with Gasteiger partial charge in [-0.2, -0.15) is 0 Å². The van der Waals surface area contributed by atoms with E-state index in [0.717, 1.165) is 25.7 Å². The first-order valence-corrected chi connectivity index (χ1v) is 4.97. The molecule has 1 saturated carbocycles. The maximum Gasteiger partial charge on any atom is 0.232 e. The fraction of sp³-hybridized carbons (Fsp3) is 0.800. The van der Waals surface area contributed by atoms with Crippen LogP contribution in [-0.2, 0) is 9.59 Å². The maximum absolute atomic E-state index is 11.7. The average molecular weight is 183 g/mol. The molecule has 74 valence electrons. The molecule has 0 N–H and O–H groups in total. The summed E-state index contributed by atoms with van der Waals surface area (Å²) in [4.78, 5) is 24.2. The van der Waals surface area contributed by atoms with Gasteiger partial charge in [0.25, 0.3) is 0 Å². The topological polar surface area (TPSA) is 37.4 Å². The van der Waals surface area contributed by atoms with E-state index in [1.54, 1.807) is 14.0 Å². The molecule has 1 fully saturated rings. The van der Waals surface area contributed by atoms with Crippen molar-refractivity contribution in [2.45, 2.75) is 39.0 Å². The van der Waals surface area contributed by atoms with Crippen LogP contribution in [0.1, 0.15) is 39.0 Å². The predicted molar refractivity (Wildman–Crippen MR) is 50.0 cm³/mol. The van der Waals surface area contributed by atoms with Crippen molar-refractivity contribution in [1.29, 1.82) is 0 Å². The molecule has 0 aromatic carbocycles. The summed E-state index contributed by atoms with van der Waals surface area (Å²) in [5, 5.41) is 0. The van der Waals surface area contributed by atoms with Crippen molar-refractivity contribution in [2.24, 2.45) is 5.92 Å². The van der Waals surface area contributed by atoms with E-state index in [9.17, 15) is 9.59 Å². The monoisotopic (exact) mass is 183 g/mol. The van der Waals surface area contributed by atoms with Gasteiger partial charge in [-0.1, -0.05) is 19.8 Å². The second kappa shape index (κ2) is 4.40. The zero-order valence-corrected chi connectivity index (χ0v) is 8.38. The van der Waals surface area contributed by atoms with Crippen molar-refractivity contribution >= 4 is 11.8 Å². The van der Waals surface area contributed by atoms with Crippen LogP contribution in [0.2, 0.25) is 0 Å². The van der Waals surface area contributed by atoms with Gasteiger partial charge in [0.1, 0.15) is 0 Å². The number of carbonyl (C=O) groups excluding carboxylic acids is 2. The number of hydrogen-bond acceptors (Lipinski definition) is 2. The van der Waals surface area contributed by atoms with Crippen molar-refractivity contribution in [1.82, 2.24) is 4.90 Å². The Morgan fingerprint density at radius 3 is 2.31 bits per heavy atom. The summed E-state index contributed by atoms with van der Waals surface area (Å²) < 4.78 is 0. The highest BCUT2D eigenvalue weighted by atomic mass is 16.2. The Labute approximate surface area is 79.1 Å². The zero-order valence-electron chi connectivity index (χ0n) is 8.38. The third-order valence-corrected chi connectivity index (χ3v) is 2.71. The second-order valence-electron chi connectivity index (χ2n) is 3.63. The zero-order chi connectivity index (χ0) is 9.84. The summed E-state index contributed by atoms with van der Waals surface area (Å²) in [5.74, 6) is 0.0572. The normalized spacial score (nSPS) is 17.4. The van der Waals surface area contributed by atoms with E-state index >= 15 is 0 Å². The van der Waals surface area contributed by atoms with Gasteiger partial charge in [0.15, 0.2) is 0 Å². The van der Waals surface area contributed by atoms with Gasteiger partial charge in [-0.25, -0.2) is 0 Å². The largest absolute Gasteiger partial charge is 0.286 e. The van der Waals surface area contributed by atoms with E-state index in [-0.39, 0.29) is 17.7 Å². The van der Waals surface area contributed by atoms with Crippen LogP contribution in [-0.4, -0.2) is 23.8 Å². The van der Waals surface area contributed by atoms with E-state index < -0.39 is 0 Å². The van der Waals surface area contributed by atoms with Crippen LogP contribution >= 0.6 is 0 Å². The van der Waals surface area contributed by atoms with Crippen molar-refractivity contribution in [2.75, 3.05) is 7.05 Å². The van der Waals surface area contributed by atoms with Gasteiger partial charge in [0.05, 0.1) is 0 Å². The molecule has 0 heterocycles. The molecule has 1 rings (SSSR count). The van der Waals surface area contributed by atoms with Gasteiger partial charge in [-0.3, -0.25) is 14.5 Å². The Morgan fingerprint density at radius 1 is 1.31 bits per heavy atom. The summed E-state index contributed by atoms with van der Waals surface area (Å²) >= 11 is 0. The number of amides is 2.